The van der Waals surface area contributed by atoms with Crippen molar-refractivity contribution < 1.29 is 14.3 Å². The van der Waals surface area contributed by atoms with E-state index in [1.807, 2.05) is 27.1 Å². The van der Waals surface area contributed by atoms with Crippen molar-refractivity contribution in [1.82, 2.24) is 14.8 Å². The number of piperidine rings is 1. The predicted molar refractivity (Wildman–Crippen MR) is 101 cm³/mol. The van der Waals surface area contributed by atoms with Crippen molar-refractivity contribution in [3.05, 3.63) is 27.9 Å². The van der Waals surface area contributed by atoms with Gasteiger partial charge in [-0.2, -0.15) is 11.3 Å². The second-order valence-electron chi connectivity index (χ2n) is 6.58. The summed E-state index contributed by atoms with van der Waals surface area (Å²) in [6, 6.07) is 2.01. The molecule has 0 N–H and O–H groups in total. The monoisotopic (exact) mass is 391 g/mol. The minimum Gasteiger partial charge on any atom is -0.378 e. The second-order valence-corrected chi connectivity index (χ2v) is 8.22. The Morgan fingerprint density at radius 3 is 2.77 bits per heavy atom. The Morgan fingerprint density at radius 2 is 2.00 bits per heavy atom. The number of likely N-dealkylation sites (tertiary alicyclic amines) is 1. The van der Waals surface area contributed by atoms with Gasteiger partial charge in [0.25, 0.3) is 5.91 Å². The molecule has 2 aromatic rings. The highest BCUT2D eigenvalue weighted by Crippen LogP contribution is 2.27. The Labute approximate surface area is 160 Å². The Bertz CT molecular complexity index is 769. The van der Waals surface area contributed by atoms with Crippen LogP contribution in [0.25, 0.3) is 10.6 Å². The number of rotatable bonds is 3. The summed E-state index contributed by atoms with van der Waals surface area (Å²) >= 11 is 3.11. The van der Waals surface area contributed by atoms with Crippen molar-refractivity contribution in [2.75, 3.05) is 39.4 Å². The van der Waals surface area contributed by atoms with Gasteiger partial charge in [-0.05, 0) is 24.3 Å². The molecule has 1 unspecified atom stereocenters. The van der Waals surface area contributed by atoms with Gasteiger partial charge >= 0.3 is 0 Å². The summed E-state index contributed by atoms with van der Waals surface area (Å²) in [4.78, 5) is 33.8. The molecule has 0 saturated carbocycles. The van der Waals surface area contributed by atoms with E-state index >= 15 is 0 Å². The maximum Gasteiger partial charge on any atom is 0.273 e. The van der Waals surface area contributed by atoms with Gasteiger partial charge in [0.2, 0.25) is 5.91 Å². The molecule has 6 nitrogen and oxygen atoms in total. The number of nitrogens with zero attached hydrogens (tertiary/aromatic N) is 3. The first-order valence-corrected chi connectivity index (χ1v) is 10.7. The van der Waals surface area contributed by atoms with Crippen molar-refractivity contribution in [3.8, 4) is 10.6 Å². The van der Waals surface area contributed by atoms with E-state index < -0.39 is 0 Å². The van der Waals surface area contributed by atoms with Gasteiger partial charge in [-0.1, -0.05) is 0 Å². The van der Waals surface area contributed by atoms with Crippen LogP contribution in [-0.2, 0) is 9.53 Å². The molecule has 0 spiro atoms. The number of thiophene rings is 1. The number of carbonyl (C=O) groups is 2. The summed E-state index contributed by atoms with van der Waals surface area (Å²) < 4.78 is 5.32. The minimum absolute atomic E-state index is 0.0674. The predicted octanol–water partition coefficient (Wildman–Crippen LogP) is 2.58. The fourth-order valence-electron chi connectivity index (χ4n) is 3.46. The standard InChI is InChI=1S/C18H21N3O3S2/c22-17(20-5-7-24-8-6-20)13-2-1-4-21(10-13)18(23)15-12-26-16(19-15)14-3-9-25-11-14/h3,9,11-13H,1-2,4-8,10H2. The quantitative estimate of drug-likeness (QED) is 0.807. The SMILES string of the molecule is O=C(c1csc(-c2ccsc2)n1)N1CCCC(C(=O)N2CCOCC2)C1. The van der Waals surface area contributed by atoms with E-state index in [2.05, 4.69) is 4.98 Å². The molecule has 2 fully saturated rings. The van der Waals surface area contributed by atoms with Gasteiger partial charge in [0.05, 0.1) is 19.1 Å². The molecule has 4 rings (SSSR count). The molecule has 0 radical (unpaired) electrons. The number of aromatic nitrogens is 1. The van der Waals surface area contributed by atoms with E-state index in [0.29, 0.717) is 45.1 Å². The van der Waals surface area contributed by atoms with Crippen LogP contribution in [0.3, 0.4) is 0 Å². The summed E-state index contributed by atoms with van der Waals surface area (Å²) in [5.74, 6) is -0.0222. The number of thiazole rings is 1. The molecule has 138 valence electrons. The summed E-state index contributed by atoms with van der Waals surface area (Å²) in [6.45, 7) is 3.69. The third kappa shape index (κ3) is 3.67. The number of amides is 2. The highest BCUT2D eigenvalue weighted by atomic mass is 32.1. The summed E-state index contributed by atoms with van der Waals surface area (Å²) in [5, 5.41) is 6.73. The zero-order chi connectivity index (χ0) is 17.9. The summed E-state index contributed by atoms with van der Waals surface area (Å²) in [7, 11) is 0. The number of carbonyl (C=O) groups excluding carboxylic acids is 2. The maximum absolute atomic E-state index is 12.9. The van der Waals surface area contributed by atoms with Gasteiger partial charge in [-0.15, -0.1) is 11.3 Å². The molecule has 0 bridgehead atoms. The molecule has 2 aromatic heterocycles. The molecule has 26 heavy (non-hydrogen) atoms. The Hall–Kier alpha value is -1.77. The van der Waals surface area contributed by atoms with Gasteiger partial charge in [-0.25, -0.2) is 4.98 Å². The number of morpholine rings is 1. The van der Waals surface area contributed by atoms with Crippen molar-refractivity contribution in [2.24, 2.45) is 5.92 Å². The van der Waals surface area contributed by atoms with E-state index in [1.54, 1.807) is 16.2 Å². The lowest BCUT2D eigenvalue weighted by atomic mass is 9.96. The van der Waals surface area contributed by atoms with E-state index in [0.717, 1.165) is 23.4 Å². The number of hydrogen-bond acceptors (Lipinski definition) is 6. The first kappa shape index (κ1) is 17.6. The van der Waals surface area contributed by atoms with Crippen LogP contribution in [0.1, 0.15) is 23.3 Å². The van der Waals surface area contributed by atoms with Gasteiger partial charge in [-0.3, -0.25) is 9.59 Å². The lowest BCUT2D eigenvalue weighted by Gasteiger charge is -2.36. The number of ether oxygens (including phenoxy) is 1. The molecule has 2 aliphatic heterocycles. The Balaban J connectivity index is 1.42. The van der Waals surface area contributed by atoms with Crippen LogP contribution in [0.15, 0.2) is 22.2 Å². The van der Waals surface area contributed by atoms with Crippen molar-refractivity contribution >= 4 is 34.5 Å². The van der Waals surface area contributed by atoms with Crippen LogP contribution >= 0.6 is 22.7 Å². The summed E-state index contributed by atoms with van der Waals surface area (Å²) in [6.07, 6.45) is 1.70. The lowest BCUT2D eigenvalue weighted by molar-refractivity contribution is -0.141. The minimum atomic E-state index is -0.110. The first-order valence-electron chi connectivity index (χ1n) is 8.86. The topological polar surface area (TPSA) is 62.7 Å². The van der Waals surface area contributed by atoms with Gasteiger partial charge < -0.3 is 14.5 Å². The van der Waals surface area contributed by atoms with E-state index in [9.17, 15) is 9.59 Å². The highest BCUT2D eigenvalue weighted by Gasteiger charge is 2.32. The van der Waals surface area contributed by atoms with Gasteiger partial charge in [0.15, 0.2) is 0 Å². The molecule has 8 heteroatoms. The first-order chi connectivity index (χ1) is 12.7. The second kappa shape index (κ2) is 7.85. The highest BCUT2D eigenvalue weighted by molar-refractivity contribution is 7.14. The van der Waals surface area contributed by atoms with Crippen molar-refractivity contribution in [2.45, 2.75) is 12.8 Å². The normalized spacial score (nSPS) is 21.0. The molecular formula is C18H21N3O3S2. The van der Waals surface area contributed by atoms with Crippen LogP contribution in [-0.4, -0.2) is 66.0 Å². The van der Waals surface area contributed by atoms with Gasteiger partial charge in [0, 0.05) is 42.5 Å². The number of hydrogen-bond donors (Lipinski definition) is 0. The fraction of sp³-hybridized carbons (Fsp3) is 0.500. The zero-order valence-corrected chi connectivity index (χ0v) is 16.1. The Morgan fingerprint density at radius 1 is 1.15 bits per heavy atom. The molecule has 1 atom stereocenters. The average Bonchev–Trinajstić information content (AvgIpc) is 3.39. The van der Waals surface area contributed by atoms with Crippen LogP contribution in [0, 0.1) is 5.92 Å². The lowest BCUT2D eigenvalue weighted by Crippen LogP contribution is -2.49. The maximum atomic E-state index is 12.9. The molecular weight excluding hydrogens is 370 g/mol. The van der Waals surface area contributed by atoms with E-state index in [4.69, 9.17) is 4.74 Å². The smallest absolute Gasteiger partial charge is 0.273 e. The fourth-order valence-corrected chi connectivity index (χ4v) is 4.96. The average molecular weight is 392 g/mol. The van der Waals surface area contributed by atoms with Crippen LogP contribution in [0.4, 0.5) is 0 Å². The molecule has 2 amide bonds. The third-order valence-electron chi connectivity index (χ3n) is 4.87. The molecule has 2 saturated heterocycles. The van der Waals surface area contributed by atoms with E-state index in [1.165, 1.54) is 11.3 Å². The molecule has 4 heterocycles. The van der Waals surface area contributed by atoms with Crippen LogP contribution in [0.5, 0.6) is 0 Å². The van der Waals surface area contributed by atoms with Gasteiger partial charge in [0.1, 0.15) is 10.7 Å². The summed E-state index contributed by atoms with van der Waals surface area (Å²) in [5.41, 5.74) is 1.54. The van der Waals surface area contributed by atoms with Crippen LogP contribution < -0.4 is 0 Å². The largest absolute Gasteiger partial charge is 0.378 e. The Kier molecular flexibility index (Phi) is 5.33. The molecule has 2 aliphatic rings. The molecule has 0 aromatic carbocycles. The van der Waals surface area contributed by atoms with Crippen molar-refractivity contribution in [1.29, 1.82) is 0 Å². The zero-order valence-electron chi connectivity index (χ0n) is 14.4. The van der Waals surface area contributed by atoms with E-state index in [-0.39, 0.29) is 17.7 Å². The van der Waals surface area contributed by atoms with Crippen molar-refractivity contribution in [3.63, 3.8) is 0 Å². The van der Waals surface area contributed by atoms with Crippen LogP contribution in [0.2, 0.25) is 0 Å². The third-order valence-corrected chi connectivity index (χ3v) is 6.45. The molecule has 0 aliphatic carbocycles.